The van der Waals surface area contributed by atoms with Crippen molar-refractivity contribution in [2.24, 2.45) is 0 Å². The fraction of sp³-hybridized carbons (Fsp3) is 0.440. The van der Waals surface area contributed by atoms with Crippen molar-refractivity contribution in [2.45, 2.75) is 51.1 Å². The molecule has 190 valence electrons. The van der Waals surface area contributed by atoms with Crippen molar-refractivity contribution < 1.29 is 18.0 Å². The molecule has 2 amide bonds. The average Bonchev–Trinajstić information content (AvgIpc) is 3.32. The summed E-state index contributed by atoms with van der Waals surface area (Å²) in [5, 5.41) is 3.50. The molecule has 1 N–H and O–H groups in total. The minimum absolute atomic E-state index is 0.111. The molecule has 2 aromatic carbocycles. The van der Waals surface area contributed by atoms with Gasteiger partial charge in [-0.1, -0.05) is 66.4 Å². The molecule has 2 aromatic rings. The van der Waals surface area contributed by atoms with Crippen LogP contribution in [0.4, 0.5) is 5.69 Å². The molecule has 1 atom stereocenters. The van der Waals surface area contributed by atoms with Gasteiger partial charge in [-0.05, 0) is 49.9 Å². The fourth-order valence-corrected chi connectivity index (χ4v) is 5.35. The quantitative estimate of drug-likeness (QED) is 0.488. The molecule has 0 spiro atoms. The summed E-state index contributed by atoms with van der Waals surface area (Å²) in [6, 6.07) is 13.4. The summed E-state index contributed by atoms with van der Waals surface area (Å²) >= 11 is 12.1. The van der Waals surface area contributed by atoms with Crippen LogP contribution in [0, 0.1) is 0 Å². The fourth-order valence-electron chi connectivity index (χ4n) is 4.22. The highest BCUT2D eigenvalue weighted by atomic mass is 35.5. The molecule has 0 radical (unpaired) electrons. The maximum atomic E-state index is 13.5. The van der Waals surface area contributed by atoms with Crippen LogP contribution in [0.15, 0.2) is 48.5 Å². The highest BCUT2D eigenvalue weighted by Gasteiger charge is 2.31. The Balaban J connectivity index is 1.83. The lowest BCUT2D eigenvalue weighted by Gasteiger charge is -2.32. The van der Waals surface area contributed by atoms with Crippen LogP contribution < -0.4 is 9.62 Å². The number of halogens is 2. The van der Waals surface area contributed by atoms with Crippen molar-refractivity contribution in [3.05, 3.63) is 64.1 Å². The number of benzene rings is 2. The zero-order valence-electron chi connectivity index (χ0n) is 19.9. The van der Waals surface area contributed by atoms with Crippen molar-refractivity contribution in [3.63, 3.8) is 0 Å². The van der Waals surface area contributed by atoms with E-state index in [1.807, 2.05) is 30.3 Å². The van der Waals surface area contributed by atoms with Crippen LogP contribution in [-0.2, 0) is 26.0 Å². The first-order valence-corrected chi connectivity index (χ1v) is 14.2. The third-order valence-electron chi connectivity index (χ3n) is 6.22. The maximum Gasteiger partial charge on any atom is 0.244 e. The Morgan fingerprint density at radius 1 is 1.06 bits per heavy atom. The van der Waals surface area contributed by atoms with E-state index in [1.165, 1.54) is 23.1 Å². The zero-order chi connectivity index (χ0) is 25.6. The van der Waals surface area contributed by atoms with Gasteiger partial charge in [-0.2, -0.15) is 0 Å². The first-order valence-electron chi connectivity index (χ1n) is 11.6. The van der Waals surface area contributed by atoms with E-state index in [9.17, 15) is 18.0 Å². The summed E-state index contributed by atoms with van der Waals surface area (Å²) in [5.41, 5.74) is 1.24. The number of amides is 2. The van der Waals surface area contributed by atoms with Crippen LogP contribution in [0.3, 0.4) is 0 Å². The highest BCUT2D eigenvalue weighted by molar-refractivity contribution is 7.92. The molecule has 1 unspecified atom stereocenters. The van der Waals surface area contributed by atoms with Crippen molar-refractivity contribution in [1.82, 2.24) is 10.2 Å². The Morgan fingerprint density at radius 2 is 1.71 bits per heavy atom. The number of sulfonamides is 1. The van der Waals surface area contributed by atoms with Gasteiger partial charge in [-0.25, -0.2) is 8.42 Å². The molecular formula is C25H31Cl2N3O4S. The van der Waals surface area contributed by atoms with Crippen LogP contribution in [0.5, 0.6) is 0 Å². The number of nitrogens with one attached hydrogen (secondary N) is 1. The predicted molar refractivity (Wildman–Crippen MR) is 140 cm³/mol. The van der Waals surface area contributed by atoms with Gasteiger partial charge >= 0.3 is 0 Å². The predicted octanol–water partition coefficient (Wildman–Crippen LogP) is 4.28. The summed E-state index contributed by atoms with van der Waals surface area (Å²) in [5.74, 6) is -0.717. The first kappa shape index (κ1) is 27.3. The molecule has 7 nitrogen and oxygen atoms in total. The van der Waals surface area contributed by atoms with Gasteiger partial charge in [0.1, 0.15) is 12.6 Å². The van der Waals surface area contributed by atoms with E-state index in [0.29, 0.717) is 6.42 Å². The third-order valence-corrected chi connectivity index (χ3v) is 8.10. The number of anilines is 1. The van der Waals surface area contributed by atoms with Gasteiger partial charge in [-0.15, -0.1) is 0 Å². The number of carbonyl (C=O) groups excluding carboxylic acids is 2. The maximum absolute atomic E-state index is 13.5. The summed E-state index contributed by atoms with van der Waals surface area (Å²) < 4.78 is 26.2. The summed E-state index contributed by atoms with van der Waals surface area (Å²) in [6.45, 7) is 1.48. The Morgan fingerprint density at radius 3 is 2.31 bits per heavy atom. The van der Waals surface area contributed by atoms with Crippen LogP contribution in [0.2, 0.25) is 10.0 Å². The van der Waals surface area contributed by atoms with E-state index in [-0.39, 0.29) is 34.2 Å². The van der Waals surface area contributed by atoms with Gasteiger partial charge in [0.15, 0.2) is 0 Å². The number of rotatable bonds is 10. The zero-order valence-corrected chi connectivity index (χ0v) is 22.2. The Bertz CT molecular complexity index is 1140. The Kier molecular flexibility index (Phi) is 9.44. The van der Waals surface area contributed by atoms with Crippen LogP contribution in [-0.4, -0.2) is 56.6 Å². The smallest absolute Gasteiger partial charge is 0.244 e. The summed E-state index contributed by atoms with van der Waals surface area (Å²) in [7, 11) is -3.82. The van der Waals surface area contributed by atoms with E-state index < -0.39 is 28.5 Å². The van der Waals surface area contributed by atoms with Crippen LogP contribution in [0.25, 0.3) is 0 Å². The largest absolute Gasteiger partial charge is 0.352 e. The molecule has 1 saturated carbocycles. The van der Waals surface area contributed by atoms with Crippen LogP contribution in [0.1, 0.15) is 38.2 Å². The topological polar surface area (TPSA) is 86.8 Å². The molecule has 10 heteroatoms. The standard InChI is InChI=1S/C25H31Cl2N3O4S/c1-18(25(32)28-20-10-6-7-11-20)29(15-14-19-8-4-3-5-9-19)24(31)17-30(35(2,33)34)21-12-13-22(26)23(27)16-21/h3-5,8-9,12-13,16,18,20H,6-7,10-11,14-15,17H2,1-2H3,(H,28,32). The number of nitrogens with zero attached hydrogens (tertiary/aromatic N) is 2. The van der Waals surface area contributed by atoms with Crippen molar-refractivity contribution in [2.75, 3.05) is 23.7 Å². The summed E-state index contributed by atoms with van der Waals surface area (Å²) in [4.78, 5) is 28.0. The van der Waals surface area contributed by atoms with Gasteiger partial charge in [0.05, 0.1) is 22.0 Å². The molecule has 0 saturated heterocycles. The van der Waals surface area contributed by atoms with Gasteiger partial charge in [0.25, 0.3) is 0 Å². The van der Waals surface area contributed by atoms with E-state index in [4.69, 9.17) is 23.2 Å². The summed E-state index contributed by atoms with van der Waals surface area (Å²) in [6.07, 6.45) is 5.55. The minimum atomic E-state index is -3.82. The lowest BCUT2D eigenvalue weighted by molar-refractivity contribution is -0.139. The van der Waals surface area contributed by atoms with Crippen molar-refractivity contribution in [3.8, 4) is 0 Å². The van der Waals surface area contributed by atoms with Crippen molar-refractivity contribution >= 4 is 50.7 Å². The molecule has 1 fully saturated rings. The molecule has 1 aliphatic carbocycles. The van der Waals surface area contributed by atoms with E-state index in [1.54, 1.807) is 6.92 Å². The highest BCUT2D eigenvalue weighted by Crippen LogP contribution is 2.28. The normalized spacial score (nSPS) is 15.0. The van der Waals surface area contributed by atoms with Crippen molar-refractivity contribution in [1.29, 1.82) is 0 Å². The second-order valence-electron chi connectivity index (χ2n) is 8.86. The first-order chi connectivity index (χ1) is 16.6. The Hall–Kier alpha value is -2.29. The second kappa shape index (κ2) is 12.1. The second-order valence-corrected chi connectivity index (χ2v) is 11.6. The molecule has 1 aliphatic rings. The van der Waals surface area contributed by atoms with Gasteiger partial charge in [-0.3, -0.25) is 13.9 Å². The van der Waals surface area contributed by atoms with Gasteiger partial charge in [0, 0.05) is 12.6 Å². The van der Waals surface area contributed by atoms with E-state index >= 15 is 0 Å². The SMILES string of the molecule is CC(C(=O)NC1CCCC1)N(CCc1ccccc1)C(=O)CN(c1ccc(Cl)c(Cl)c1)S(C)(=O)=O. The van der Waals surface area contributed by atoms with Gasteiger partial charge in [0.2, 0.25) is 21.8 Å². The molecule has 3 rings (SSSR count). The average molecular weight is 541 g/mol. The molecule has 0 heterocycles. The third kappa shape index (κ3) is 7.59. The lowest BCUT2D eigenvalue weighted by atomic mass is 10.1. The van der Waals surface area contributed by atoms with E-state index in [0.717, 1.165) is 41.8 Å². The molecular weight excluding hydrogens is 509 g/mol. The van der Waals surface area contributed by atoms with Crippen LogP contribution >= 0.6 is 23.2 Å². The molecule has 0 aromatic heterocycles. The number of carbonyl (C=O) groups is 2. The molecule has 0 aliphatic heterocycles. The molecule has 0 bridgehead atoms. The number of hydrogen-bond acceptors (Lipinski definition) is 4. The lowest BCUT2D eigenvalue weighted by Crippen LogP contribution is -2.53. The van der Waals surface area contributed by atoms with Gasteiger partial charge < -0.3 is 10.2 Å². The molecule has 35 heavy (non-hydrogen) atoms. The number of hydrogen-bond donors (Lipinski definition) is 1. The Labute approximate surface area is 217 Å². The monoisotopic (exact) mass is 539 g/mol. The van der Waals surface area contributed by atoms with E-state index in [2.05, 4.69) is 5.32 Å². The minimum Gasteiger partial charge on any atom is -0.352 e.